The highest BCUT2D eigenvalue weighted by Crippen LogP contribution is 2.32. The smallest absolute Gasteiger partial charge is 0.417 e. The highest BCUT2D eigenvalue weighted by molar-refractivity contribution is 6.31. The molecule has 0 aliphatic carbocycles. The number of hydrogen-bond acceptors (Lipinski definition) is 4. The van der Waals surface area contributed by atoms with E-state index in [1.165, 1.54) is 6.07 Å². The number of pyridine rings is 2. The molecule has 0 radical (unpaired) electrons. The quantitative estimate of drug-likeness (QED) is 0.510. The number of hydrogen-bond donors (Lipinski definition) is 2. The number of benzene rings is 1. The van der Waals surface area contributed by atoms with Crippen LogP contribution in [0.5, 0.6) is 5.88 Å². The molecule has 0 aliphatic heterocycles. The van der Waals surface area contributed by atoms with Crippen molar-refractivity contribution in [2.45, 2.75) is 20.0 Å². The van der Waals surface area contributed by atoms with Crippen LogP contribution in [0.25, 0.3) is 11.3 Å². The first kappa shape index (κ1) is 23.3. The van der Waals surface area contributed by atoms with Crippen molar-refractivity contribution in [2.24, 2.45) is 5.92 Å². The Balaban J connectivity index is 1.87. The van der Waals surface area contributed by atoms with Crippen LogP contribution in [0, 0.1) is 5.92 Å². The van der Waals surface area contributed by atoms with E-state index in [1.807, 2.05) is 13.8 Å². The molecule has 1 amide bonds. The van der Waals surface area contributed by atoms with Crippen LogP contribution in [0.2, 0.25) is 5.02 Å². The van der Waals surface area contributed by atoms with Crippen LogP contribution < -0.4 is 15.6 Å². The number of anilines is 1. The van der Waals surface area contributed by atoms with Crippen LogP contribution in [0.15, 0.2) is 53.5 Å². The summed E-state index contributed by atoms with van der Waals surface area (Å²) < 4.78 is 45.3. The number of H-pyrrole nitrogens is 1. The number of halogens is 4. The molecule has 0 fully saturated rings. The summed E-state index contributed by atoms with van der Waals surface area (Å²) in [5.41, 5.74) is -1.64. The highest BCUT2D eigenvalue weighted by Gasteiger charge is 2.35. The van der Waals surface area contributed by atoms with E-state index in [9.17, 15) is 22.8 Å². The third-order valence-electron chi connectivity index (χ3n) is 4.26. The van der Waals surface area contributed by atoms with Gasteiger partial charge in [-0.3, -0.25) is 9.59 Å². The van der Waals surface area contributed by atoms with Gasteiger partial charge in [0, 0.05) is 23.5 Å². The van der Waals surface area contributed by atoms with Crippen LogP contribution in [0.4, 0.5) is 18.9 Å². The molecule has 1 aromatic carbocycles. The molecule has 10 heteroatoms. The minimum Gasteiger partial charge on any atom is -0.476 e. The van der Waals surface area contributed by atoms with E-state index < -0.39 is 28.8 Å². The van der Waals surface area contributed by atoms with Crippen LogP contribution >= 0.6 is 11.6 Å². The van der Waals surface area contributed by atoms with E-state index in [0.29, 0.717) is 29.0 Å². The van der Waals surface area contributed by atoms with Crippen molar-refractivity contribution in [3.8, 4) is 17.1 Å². The number of carbonyl (C=O) groups excluding carboxylic acids is 1. The van der Waals surface area contributed by atoms with Crippen LogP contribution in [0.3, 0.4) is 0 Å². The molecule has 2 N–H and O–H groups in total. The molecule has 2 heterocycles. The van der Waals surface area contributed by atoms with Gasteiger partial charge in [-0.25, -0.2) is 4.98 Å². The van der Waals surface area contributed by atoms with E-state index >= 15 is 0 Å². The molecule has 0 spiro atoms. The second-order valence-electron chi connectivity index (χ2n) is 7.35. The molecule has 0 atom stereocenters. The van der Waals surface area contributed by atoms with Gasteiger partial charge in [0.2, 0.25) is 11.4 Å². The fourth-order valence-electron chi connectivity index (χ4n) is 2.78. The second-order valence-corrected chi connectivity index (χ2v) is 7.75. The van der Waals surface area contributed by atoms with Gasteiger partial charge < -0.3 is 15.0 Å². The average molecular weight is 466 g/mol. The Bertz CT molecular complexity index is 1190. The summed E-state index contributed by atoms with van der Waals surface area (Å²) in [5, 5.41) is 2.76. The zero-order valence-electron chi connectivity index (χ0n) is 17.1. The van der Waals surface area contributed by atoms with Gasteiger partial charge in [-0.1, -0.05) is 37.6 Å². The number of aromatic nitrogens is 2. The molecule has 0 saturated carbocycles. The van der Waals surface area contributed by atoms with E-state index in [0.717, 1.165) is 6.20 Å². The Hall–Kier alpha value is -3.33. The lowest BCUT2D eigenvalue weighted by atomic mass is 10.1. The van der Waals surface area contributed by atoms with Gasteiger partial charge >= 0.3 is 6.18 Å². The summed E-state index contributed by atoms with van der Waals surface area (Å²) in [6, 6.07) is 10.1. The van der Waals surface area contributed by atoms with Gasteiger partial charge in [0.25, 0.3) is 5.91 Å². The van der Waals surface area contributed by atoms with Gasteiger partial charge in [-0.2, -0.15) is 13.2 Å². The summed E-state index contributed by atoms with van der Waals surface area (Å²) in [5.74, 6) is -0.490. The fourth-order valence-corrected chi connectivity index (χ4v) is 2.94. The SMILES string of the molecule is CC(C)COc1nc(-c2cccc(NC(=O)c3c[nH]c(=O)cc3C(F)(F)F)c2)ccc1Cl. The van der Waals surface area contributed by atoms with Crippen molar-refractivity contribution in [2.75, 3.05) is 11.9 Å². The molecule has 3 aromatic rings. The average Bonchev–Trinajstić information content (AvgIpc) is 2.72. The number of carbonyl (C=O) groups is 1. The van der Waals surface area contributed by atoms with E-state index in [1.54, 1.807) is 30.3 Å². The number of ether oxygens (including phenoxy) is 1. The van der Waals surface area contributed by atoms with Crippen molar-refractivity contribution >= 4 is 23.2 Å². The lowest BCUT2D eigenvalue weighted by Gasteiger charge is -2.13. The third kappa shape index (κ3) is 5.67. The number of aromatic amines is 1. The standard InChI is InChI=1S/C22H19ClF3N3O3/c1-12(2)11-32-21-17(23)6-7-18(29-21)13-4-3-5-14(8-13)28-20(31)15-10-27-19(30)9-16(15)22(24,25)26/h3-10,12H,11H2,1-2H3,(H,27,30)(H,28,31). The zero-order chi connectivity index (χ0) is 23.5. The molecule has 3 rings (SSSR count). The number of rotatable bonds is 6. The Morgan fingerprint density at radius 3 is 2.66 bits per heavy atom. The van der Waals surface area contributed by atoms with Crippen molar-refractivity contribution in [3.63, 3.8) is 0 Å². The molecule has 32 heavy (non-hydrogen) atoms. The monoisotopic (exact) mass is 465 g/mol. The molecule has 0 saturated heterocycles. The second kappa shape index (κ2) is 9.44. The van der Waals surface area contributed by atoms with Gasteiger partial charge in [0.15, 0.2) is 0 Å². The molecule has 0 aliphatic rings. The Labute approximate surface area is 186 Å². The zero-order valence-corrected chi connectivity index (χ0v) is 17.8. The Morgan fingerprint density at radius 2 is 1.97 bits per heavy atom. The van der Waals surface area contributed by atoms with Gasteiger partial charge in [-0.05, 0) is 30.2 Å². The summed E-state index contributed by atoms with van der Waals surface area (Å²) in [7, 11) is 0. The number of alkyl halides is 3. The Morgan fingerprint density at radius 1 is 1.22 bits per heavy atom. The van der Waals surface area contributed by atoms with Crippen LogP contribution in [-0.4, -0.2) is 22.5 Å². The number of nitrogens with one attached hydrogen (secondary N) is 2. The van der Waals surface area contributed by atoms with E-state index in [2.05, 4.69) is 15.3 Å². The maximum absolute atomic E-state index is 13.2. The van der Waals surface area contributed by atoms with Crippen molar-refractivity contribution < 1.29 is 22.7 Å². The predicted octanol–water partition coefficient (Wildman–Crippen LogP) is 5.40. The van der Waals surface area contributed by atoms with Crippen molar-refractivity contribution in [1.29, 1.82) is 0 Å². The lowest BCUT2D eigenvalue weighted by Crippen LogP contribution is -2.22. The highest BCUT2D eigenvalue weighted by atomic mass is 35.5. The normalized spacial score (nSPS) is 11.5. The van der Waals surface area contributed by atoms with Crippen LogP contribution in [0.1, 0.15) is 29.8 Å². The largest absolute Gasteiger partial charge is 0.476 e. The Kier molecular flexibility index (Phi) is 6.88. The molecule has 168 valence electrons. The summed E-state index contributed by atoms with van der Waals surface area (Å²) in [6.45, 7) is 4.39. The maximum Gasteiger partial charge on any atom is 0.417 e. The van der Waals surface area contributed by atoms with E-state index in [4.69, 9.17) is 16.3 Å². The first-order valence-electron chi connectivity index (χ1n) is 9.55. The molecule has 0 bridgehead atoms. The summed E-state index contributed by atoms with van der Waals surface area (Å²) in [6.07, 6.45) is -4.12. The number of amides is 1. The van der Waals surface area contributed by atoms with Crippen molar-refractivity contribution in [1.82, 2.24) is 9.97 Å². The van der Waals surface area contributed by atoms with Crippen LogP contribution in [-0.2, 0) is 6.18 Å². The first-order chi connectivity index (χ1) is 15.0. The minimum atomic E-state index is -4.86. The fraction of sp³-hybridized carbons (Fsp3) is 0.227. The minimum absolute atomic E-state index is 0.244. The predicted molar refractivity (Wildman–Crippen MR) is 115 cm³/mol. The third-order valence-corrected chi connectivity index (χ3v) is 4.55. The van der Waals surface area contributed by atoms with Gasteiger partial charge in [0.1, 0.15) is 5.02 Å². The summed E-state index contributed by atoms with van der Waals surface area (Å²) >= 11 is 6.14. The van der Waals surface area contributed by atoms with Gasteiger partial charge in [-0.15, -0.1) is 0 Å². The summed E-state index contributed by atoms with van der Waals surface area (Å²) in [4.78, 5) is 30.3. The molecule has 2 aromatic heterocycles. The topological polar surface area (TPSA) is 84.1 Å². The number of nitrogens with zero attached hydrogens (tertiary/aromatic N) is 1. The first-order valence-corrected chi connectivity index (χ1v) is 9.93. The lowest BCUT2D eigenvalue weighted by molar-refractivity contribution is -0.138. The van der Waals surface area contributed by atoms with Gasteiger partial charge in [0.05, 0.1) is 23.4 Å². The molecule has 6 nitrogen and oxygen atoms in total. The molecule has 0 unspecified atom stereocenters. The van der Waals surface area contributed by atoms with Crippen molar-refractivity contribution in [3.05, 3.63) is 75.2 Å². The van der Waals surface area contributed by atoms with E-state index in [-0.39, 0.29) is 17.5 Å². The molecular weight excluding hydrogens is 447 g/mol. The maximum atomic E-state index is 13.2. The molecular formula is C22H19ClF3N3O3.